The number of carbonyl (C=O) groups is 2. The third-order valence-electron chi connectivity index (χ3n) is 3.98. The molecule has 144 valence electrons. The molecule has 6 nitrogen and oxygen atoms in total. The lowest BCUT2D eigenvalue weighted by molar-refractivity contribution is -0.120. The number of benzene rings is 2. The van der Waals surface area contributed by atoms with E-state index in [-0.39, 0.29) is 12.5 Å². The van der Waals surface area contributed by atoms with Crippen LogP contribution in [0.3, 0.4) is 0 Å². The zero-order valence-electron chi connectivity index (χ0n) is 15.4. The van der Waals surface area contributed by atoms with Gasteiger partial charge in [-0.25, -0.2) is 0 Å². The van der Waals surface area contributed by atoms with Crippen LogP contribution in [0.2, 0.25) is 0 Å². The number of nitrogens with two attached hydrogens (primary N) is 1. The molecule has 0 aromatic heterocycles. The minimum Gasteiger partial charge on any atom is -0.484 e. The van der Waals surface area contributed by atoms with E-state index in [2.05, 4.69) is 0 Å². The number of rotatable bonds is 6. The Hall–Kier alpha value is -2.84. The molecular formula is C20H19N3O3S2. The van der Waals surface area contributed by atoms with Crippen LogP contribution in [0.1, 0.15) is 5.56 Å². The molecule has 1 aliphatic rings. The zero-order valence-corrected chi connectivity index (χ0v) is 17.0. The molecule has 0 bridgehead atoms. The third kappa shape index (κ3) is 4.52. The van der Waals surface area contributed by atoms with Crippen LogP contribution in [0.15, 0.2) is 53.4 Å². The lowest BCUT2D eigenvalue weighted by Gasteiger charge is -2.17. The minimum absolute atomic E-state index is 0.151. The van der Waals surface area contributed by atoms with E-state index in [1.165, 1.54) is 16.7 Å². The number of ether oxygens (including phenoxy) is 1. The van der Waals surface area contributed by atoms with Crippen molar-refractivity contribution < 1.29 is 14.3 Å². The van der Waals surface area contributed by atoms with E-state index in [1.807, 2.05) is 43.3 Å². The summed E-state index contributed by atoms with van der Waals surface area (Å²) in [6.45, 7) is -0.176. The fourth-order valence-electron chi connectivity index (χ4n) is 2.56. The highest BCUT2D eigenvalue weighted by Crippen LogP contribution is 2.36. The molecule has 2 N–H and O–H groups in total. The summed E-state index contributed by atoms with van der Waals surface area (Å²) in [5, 5.41) is 0. The van der Waals surface area contributed by atoms with E-state index in [9.17, 15) is 9.59 Å². The smallest absolute Gasteiger partial charge is 0.270 e. The molecule has 1 heterocycles. The van der Waals surface area contributed by atoms with Crippen molar-refractivity contribution in [3.63, 3.8) is 0 Å². The first-order valence-electron chi connectivity index (χ1n) is 8.41. The number of primary amides is 1. The van der Waals surface area contributed by atoms with Gasteiger partial charge in [0.1, 0.15) is 5.75 Å². The topological polar surface area (TPSA) is 75.9 Å². The molecule has 0 spiro atoms. The van der Waals surface area contributed by atoms with Crippen LogP contribution in [-0.4, -0.2) is 36.8 Å². The summed E-state index contributed by atoms with van der Waals surface area (Å²) < 4.78 is 5.73. The molecule has 2 aromatic carbocycles. The van der Waals surface area contributed by atoms with Crippen molar-refractivity contribution in [1.82, 2.24) is 0 Å². The molecule has 0 atom stereocenters. The Morgan fingerprint density at radius 1 is 1.18 bits per heavy atom. The molecule has 2 aromatic rings. The molecule has 1 aliphatic heterocycles. The molecule has 0 saturated carbocycles. The number of carbonyl (C=O) groups excluding carboxylic acids is 2. The molecule has 3 rings (SSSR count). The summed E-state index contributed by atoms with van der Waals surface area (Å²) in [6.07, 6.45) is 1.78. The number of thiocarbonyl (C=S) groups is 1. The number of thioether (sulfide) groups is 1. The monoisotopic (exact) mass is 413 g/mol. The standard InChI is InChI=1S/C20H19N3O3S2/c1-22(2)14-5-7-15(8-6-14)23-19(25)17(28-20(23)27)11-13-3-9-16(10-4-13)26-12-18(21)24/h3-11H,12H2,1-2H3,(H2,21,24)/b17-11-. The van der Waals surface area contributed by atoms with Crippen molar-refractivity contribution in [2.75, 3.05) is 30.5 Å². The largest absolute Gasteiger partial charge is 0.484 e. The fourth-order valence-corrected chi connectivity index (χ4v) is 3.86. The second kappa shape index (κ2) is 8.45. The summed E-state index contributed by atoms with van der Waals surface area (Å²) in [5.74, 6) is -0.155. The number of hydrogen-bond donors (Lipinski definition) is 1. The predicted octanol–water partition coefficient (Wildman–Crippen LogP) is 3.02. The number of nitrogens with zero attached hydrogens (tertiary/aromatic N) is 2. The average Bonchev–Trinajstić information content (AvgIpc) is 2.94. The van der Waals surface area contributed by atoms with Gasteiger partial charge in [0, 0.05) is 19.8 Å². The zero-order chi connectivity index (χ0) is 20.3. The highest BCUT2D eigenvalue weighted by molar-refractivity contribution is 8.27. The van der Waals surface area contributed by atoms with Crippen LogP contribution in [-0.2, 0) is 9.59 Å². The molecular weight excluding hydrogens is 394 g/mol. The van der Waals surface area contributed by atoms with Crippen molar-refractivity contribution in [3.8, 4) is 5.75 Å². The summed E-state index contributed by atoms with van der Waals surface area (Å²) in [5.41, 5.74) is 7.67. The first-order chi connectivity index (χ1) is 13.3. The van der Waals surface area contributed by atoms with Gasteiger partial charge in [0.05, 0.1) is 10.6 Å². The maximum Gasteiger partial charge on any atom is 0.270 e. The Bertz CT molecular complexity index is 938. The van der Waals surface area contributed by atoms with Gasteiger partial charge in [-0.2, -0.15) is 0 Å². The van der Waals surface area contributed by atoms with E-state index >= 15 is 0 Å². The van der Waals surface area contributed by atoms with Gasteiger partial charge in [0.2, 0.25) is 0 Å². The Balaban J connectivity index is 1.76. The lowest BCUT2D eigenvalue weighted by atomic mass is 10.2. The highest BCUT2D eigenvalue weighted by Gasteiger charge is 2.33. The van der Waals surface area contributed by atoms with Crippen LogP contribution in [0, 0.1) is 0 Å². The predicted molar refractivity (Wildman–Crippen MR) is 118 cm³/mol. The van der Waals surface area contributed by atoms with E-state index in [0.717, 1.165) is 16.9 Å². The molecule has 28 heavy (non-hydrogen) atoms. The summed E-state index contributed by atoms with van der Waals surface area (Å²) in [6, 6.07) is 14.7. The average molecular weight is 414 g/mol. The van der Waals surface area contributed by atoms with Crippen LogP contribution in [0.5, 0.6) is 5.75 Å². The number of anilines is 2. The van der Waals surface area contributed by atoms with Crippen molar-refractivity contribution in [2.24, 2.45) is 5.73 Å². The molecule has 1 saturated heterocycles. The summed E-state index contributed by atoms with van der Waals surface area (Å²) in [7, 11) is 3.92. The number of hydrogen-bond acceptors (Lipinski definition) is 6. The third-order valence-corrected chi connectivity index (χ3v) is 5.28. The van der Waals surface area contributed by atoms with Crippen LogP contribution in [0.4, 0.5) is 11.4 Å². The van der Waals surface area contributed by atoms with Crippen molar-refractivity contribution in [2.45, 2.75) is 0 Å². The van der Waals surface area contributed by atoms with Gasteiger partial charge in [-0.05, 0) is 48.0 Å². The van der Waals surface area contributed by atoms with Gasteiger partial charge in [0.25, 0.3) is 11.8 Å². The van der Waals surface area contributed by atoms with E-state index in [4.69, 9.17) is 22.7 Å². The lowest BCUT2D eigenvalue weighted by Crippen LogP contribution is -2.27. The normalized spacial score (nSPS) is 15.2. The van der Waals surface area contributed by atoms with Gasteiger partial charge >= 0.3 is 0 Å². The maximum absolute atomic E-state index is 12.8. The Morgan fingerprint density at radius 2 is 1.82 bits per heavy atom. The van der Waals surface area contributed by atoms with Crippen LogP contribution >= 0.6 is 24.0 Å². The molecule has 1 fully saturated rings. The van der Waals surface area contributed by atoms with Gasteiger partial charge in [-0.15, -0.1) is 0 Å². The van der Waals surface area contributed by atoms with Crippen molar-refractivity contribution in [1.29, 1.82) is 0 Å². The Morgan fingerprint density at radius 3 is 2.39 bits per heavy atom. The van der Waals surface area contributed by atoms with Crippen LogP contribution < -0.4 is 20.3 Å². The van der Waals surface area contributed by atoms with Crippen LogP contribution in [0.25, 0.3) is 6.08 Å². The highest BCUT2D eigenvalue weighted by atomic mass is 32.2. The van der Waals surface area contributed by atoms with E-state index < -0.39 is 5.91 Å². The fraction of sp³-hybridized carbons (Fsp3) is 0.150. The quantitative estimate of drug-likeness (QED) is 0.580. The second-order valence-corrected chi connectivity index (χ2v) is 7.93. The van der Waals surface area contributed by atoms with Crippen molar-refractivity contribution in [3.05, 3.63) is 59.0 Å². The first kappa shape index (κ1) is 19.9. The van der Waals surface area contributed by atoms with Crippen molar-refractivity contribution >= 4 is 57.6 Å². The van der Waals surface area contributed by atoms with E-state index in [1.54, 1.807) is 30.3 Å². The molecule has 0 unspecified atom stereocenters. The van der Waals surface area contributed by atoms with Gasteiger partial charge in [-0.3, -0.25) is 14.5 Å². The van der Waals surface area contributed by atoms with Gasteiger partial charge < -0.3 is 15.4 Å². The minimum atomic E-state index is -0.536. The Kier molecular flexibility index (Phi) is 6.01. The molecule has 0 radical (unpaired) electrons. The number of amides is 2. The molecule has 0 aliphatic carbocycles. The van der Waals surface area contributed by atoms with Gasteiger partial charge in [0.15, 0.2) is 10.9 Å². The Labute approximate surface area is 172 Å². The van der Waals surface area contributed by atoms with E-state index in [0.29, 0.717) is 15.0 Å². The first-order valence-corrected chi connectivity index (χ1v) is 9.64. The molecule has 2 amide bonds. The second-order valence-electron chi connectivity index (χ2n) is 6.25. The summed E-state index contributed by atoms with van der Waals surface area (Å²) >= 11 is 6.68. The molecule has 8 heteroatoms. The SMILES string of the molecule is CN(C)c1ccc(N2C(=O)/C(=C/c3ccc(OCC(N)=O)cc3)SC2=S)cc1. The maximum atomic E-state index is 12.8. The van der Waals surface area contributed by atoms with Gasteiger partial charge in [-0.1, -0.05) is 36.1 Å². The summed E-state index contributed by atoms with van der Waals surface area (Å²) in [4.78, 5) is 27.7.